The van der Waals surface area contributed by atoms with Gasteiger partial charge in [0.2, 0.25) is 0 Å². The molecule has 0 unspecified atom stereocenters. The maximum Gasteiger partial charge on any atom is 0.255 e. The van der Waals surface area contributed by atoms with Crippen LogP contribution in [0.5, 0.6) is 11.5 Å². The number of fused-ring (bicyclic) bond motifs is 2. The van der Waals surface area contributed by atoms with Gasteiger partial charge in [-0.2, -0.15) is 0 Å². The number of hydrogen-bond acceptors (Lipinski definition) is 5. The highest BCUT2D eigenvalue weighted by atomic mass is 16.5. The Morgan fingerprint density at radius 3 is 2.79 bits per heavy atom. The first-order chi connectivity index (χ1) is 13.8. The minimum Gasteiger partial charge on any atom is -0.490 e. The molecule has 7 heteroatoms. The molecule has 1 atom stereocenters. The van der Waals surface area contributed by atoms with Crippen LogP contribution in [-0.2, 0) is 4.74 Å². The van der Waals surface area contributed by atoms with Crippen molar-refractivity contribution in [2.75, 3.05) is 25.1 Å². The van der Waals surface area contributed by atoms with Crippen LogP contribution in [0, 0.1) is 0 Å². The Morgan fingerprint density at radius 1 is 1.04 bits per heavy atom. The molecule has 2 N–H and O–H groups in total. The van der Waals surface area contributed by atoms with Crippen LogP contribution in [0.1, 0.15) is 41.5 Å². The zero-order valence-electron chi connectivity index (χ0n) is 15.4. The van der Waals surface area contributed by atoms with Gasteiger partial charge in [-0.15, -0.1) is 0 Å². The van der Waals surface area contributed by atoms with Crippen LogP contribution in [0.4, 0.5) is 5.69 Å². The van der Waals surface area contributed by atoms with Crippen molar-refractivity contribution in [3.63, 3.8) is 0 Å². The van der Waals surface area contributed by atoms with Crippen molar-refractivity contribution in [3.05, 3.63) is 47.8 Å². The van der Waals surface area contributed by atoms with Crippen molar-refractivity contribution >= 4 is 22.6 Å². The molecule has 3 heterocycles. The van der Waals surface area contributed by atoms with Crippen LogP contribution >= 0.6 is 0 Å². The molecule has 0 radical (unpaired) electrons. The fourth-order valence-electron chi connectivity index (χ4n) is 3.56. The number of carbonyl (C=O) groups is 1. The Balaban J connectivity index is 1.35. The van der Waals surface area contributed by atoms with E-state index in [0.29, 0.717) is 36.0 Å². The quantitative estimate of drug-likeness (QED) is 0.722. The third kappa shape index (κ3) is 3.29. The van der Waals surface area contributed by atoms with E-state index in [0.717, 1.165) is 42.7 Å². The van der Waals surface area contributed by atoms with Crippen LogP contribution in [0.3, 0.4) is 0 Å². The summed E-state index contributed by atoms with van der Waals surface area (Å²) in [6.07, 6.45) is 2.90. The highest BCUT2D eigenvalue weighted by Crippen LogP contribution is 2.31. The molecule has 0 saturated carbocycles. The lowest BCUT2D eigenvalue weighted by Crippen LogP contribution is -2.12. The smallest absolute Gasteiger partial charge is 0.255 e. The summed E-state index contributed by atoms with van der Waals surface area (Å²) in [6.45, 7) is 1.98. The average molecular weight is 379 g/mol. The number of nitrogens with one attached hydrogen (secondary N) is 2. The second-order valence-electron chi connectivity index (χ2n) is 7.02. The highest BCUT2D eigenvalue weighted by molar-refractivity contribution is 6.05. The summed E-state index contributed by atoms with van der Waals surface area (Å²) in [7, 11) is 0. The summed E-state index contributed by atoms with van der Waals surface area (Å²) in [5.74, 6) is 1.93. The van der Waals surface area contributed by atoms with Gasteiger partial charge in [-0.1, -0.05) is 0 Å². The van der Waals surface area contributed by atoms with Gasteiger partial charge in [0, 0.05) is 24.3 Å². The average Bonchev–Trinajstić information content (AvgIpc) is 3.32. The molecular weight excluding hydrogens is 358 g/mol. The molecule has 28 heavy (non-hydrogen) atoms. The minimum atomic E-state index is -0.200. The van der Waals surface area contributed by atoms with Gasteiger partial charge in [0.25, 0.3) is 5.91 Å². The first kappa shape index (κ1) is 17.1. The largest absolute Gasteiger partial charge is 0.490 e. The molecule has 1 saturated heterocycles. The van der Waals surface area contributed by atoms with E-state index in [4.69, 9.17) is 14.2 Å². The minimum absolute atomic E-state index is 0.0345. The standard InChI is InChI=1S/C21H21N3O4/c25-21(13-4-7-17-19(11-13)28-10-2-9-26-17)22-14-5-6-15-16(12-14)24-20(23-15)18-3-1-8-27-18/h4-7,11-12,18H,1-3,8-10H2,(H,22,25)(H,23,24)/t18-/m0/s1. The summed E-state index contributed by atoms with van der Waals surface area (Å²) in [5.41, 5.74) is 2.96. The Hall–Kier alpha value is -3.06. The van der Waals surface area contributed by atoms with E-state index < -0.39 is 0 Å². The molecule has 2 aromatic carbocycles. The summed E-state index contributed by atoms with van der Waals surface area (Å²) in [5, 5.41) is 2.94. The first-order valence-electron chi connectivity index (χ1n) is 9.58. The van der Waals surface area contributed by atoms with Gasteiger partial charge in [-0.25, -0.2) is 4.98 Å². The number of carbonyl (C=O) groups excluding carboxylic acids is 1. The summed E-state index contributed by atoms with van der Waals surface area (Å²) >= 11 is 0. The van der Waals surface area contributed by atoms with Gasteiger partial charge in [-0.3, -0.25) is 4.79 Å². The molecule has 1 fully saturated rings. The van der Waals surface area contributed by atoms with Crippen molar-refractivity contribution in [2.24, 2.45) is 0 Å². The first-order valence-corrected chi connectivity index (χ1v) is 9.58. The number of anilines is 1. The normalized spacial score (nSPS) is 18.8. The van der Waals surface area contributed by atoms with Crippen molar-refractivity contribution < 1.29 is 19.0 Å². The second-order valence-corrected chi connectivity index (χ2v) is 7.02. The number of aromatic amines is 1. The Labute approximate surface area is 162 Å². The summed E-state index contributed by atoms with van der Waals surface area (Å²) in [6, 6.07) is 10.9. The number of aromatic nitrogens is 2. The Morgan fingerprint density at radius 2 is 1.93 bits per heavy atom. The monoisotopic (exact) mass is 379 g/mol. The molecule has 5 rings (SSSR count). The molecular formula is C21H21N3O4. The number of amides is 1. The highest BCUT2D eigenvalue weighted by Gasteiger charge is 2.21. The lowest BCUT2D eigenvalue weighted by molar-refractivity contribution is 0.102. The van der Waals surface area contributed by atoms with Gasteiger partial charge in [0.15, 0.2) is 11.5 Å². The molecule has 3 aromatic rings. The van der Waals surface area contributed by atoms with E-state index in [2.05, 4.69) is 15.3 Å². The summed E-state index contributed by atoms with van der Waals surface area (Å²) in [4.78, 5) is 20.6. The topological polar surface area (TPSA) is 85.5 Å². The number of nitrogens with zero attached hydrogens (tertiary/aromatic N) is 1. The number of ether oxygens (including phenoxy) is 3. The number of imidazole rings is 1. The maximum atomic E-state index is 12.7. The third-order valence-electron chi connectivity index (χ3n) is 5.00. The number of rotatable bonds is 3. The molecule has 144 valence electrons. The van der Waals surface area contributed by atoms with E-state index in [1.165, 1.54) is 0 Å². The molecule has 2 aliphatic heterocycles. The van der Waals surface area contributed by atoms with E-state index in [1.54, 1.807) is 18.2 Å². The molecule has 0 spiro atoms. The lowest BCUT2D eigenvalue weighted by Gasteiger charge is -2.10. The zero-order chi connectivity index (χ0) is 18.9. The SMILES string of the molecule is O=C(Nc1ccc2nc([C@@H]3CCCO3)[nH]c2c1)c1ccc2c(c1)OCCCO2. The van der Waals surface area contributed by atoms with Gasteiger partial charge in [0.1, 0.15) is 11.9 Å². The van der Waals surface area contributed by atoms with Gasteiger partial charge in [0.05, 0.1) is 24.2 Å². The molecule has 2 aliphatic rings. The van der Waals surface area contributed by atoms with Crippen molar-refractivity contribution in [3.8, 4) is 11.5 Å². The molecule has 1 aromatic heterocycles. The van der Waals surface area contributed by atoms with Gasteiger partial charge in [-0.05, 0) is 49.2 Å². The molecule has 1 amide bonds. The van der Waals surface area contributed by atoms with Crippen LogP contribution in [0.25, 0.3) is 11.0 Å². The molecule has 7 nitrogen and oxygen atoms in total. The van der Waals surface area contributed by atoms with Crippen LogP contribution < -0.4 is 14.8 Å². The second kappa shape index (κ2) is 7.16. The fraction of sp³-hybridized carbons (Fsp3) is 0.333. The molecule has 0 bridgehead atoms. The molecule has 0 aliphatic carbocycles. The van der Waals surface area contributed by atoms with Crippen molar-refractivity contribution in [1.29, 1.82) is 0 Å². The third-order valence-corrected chi connectivity index (χ3v) is 5.00. The maximum absolute atomic E-state index is 12.7. The summed E-state index contributed by atoms with van der Waals surface area (Å²) < 4.78 is 17.0. The van der Waals surface area contributed by atoms with E-state index >= 15 is 0 Å². The predicted molar refractivity (Wildman–Crippen MR) is 104 cm³/mol. The van der Waals surface area contributed by atoms with Crippen molar-refractivity contribution in [2.45, 2.75) is 25.4 Å². The van der Waals surface area contributed by atoms with Crippen molar-refractivity contribution in [1.82, 2.24) is 9.97 Å². The number of H-pyrrole nitrogens is 1. The zero-order valence-corrected chi connectivity index (χ0v) is 15.4. The van der Waals surface area contributed by atoms with E-state index in [1.807, 2.05) is 18.2 Å². The van der Waals surface area contributed by atoms with Gasteiger partial charge >= 0.3 is 0 Å². The van der Waals surface area contributed by atoms with E-state index in [9.17, 15) is 4.79 Å². The van der Waals surface area contributed by atoms with Crippen LogP contribution in [0.15, 0.2) is 36.4 Å². The predicted octanol–water partition coefficient (Wildman–Crippen LogP) is 3.83. The van der Waals surface area contributed by atoms with Crippen LogP contribution in [0.2, 0.25) is 0 Å². The number of benzene rings is 2. The Kier molecular flexibility index (Phi) is 4.37. The van der Waals surface area contributed by atoms with Crippen LogP contribution in [-0.4, -0.2) is 35.7 Å². The Bertz CT molecular complexity index is 1020. The fourth-order valence-corrected chi connectivity index (χ4v) is 3.56. The number of hydrogen-bond donors (Lipinski definition) is 2. The lowest BCUT2D eigenvalue weighted by atomic mass is 10.1. The van der Waals surface area contributed by atoms with Gasteiger partial charge < -0.3 is 24.5 Å². The van der Waals surface area contributed by atoms with E-state index in [-0.39, 0.29) is 12.0 Å².